The van der Waals surface area contributed by atoms with Gasteiger partial charge in [-0.3, -0.25) is 4.79 Å². The third-order valence-corrected chi connectivity index (χ3v) is 3.75. The Morgan fingerprint density at radius 2 is 1.71 bits per heavy atom. The SMILES string of the molecule is CNCCCC(=O)NCCCN1CC(C)CC(C)C1.Cl.Cl. The van der Waals surface area contributed by atoms with Gasteiger partial charge in [-0.15, -0.1) is 24.8 Å². The molecule has 2 unspecified atom stereocenters. The number of amides is 1. The third-order valence-electron chi connectivity index (χ3n) is 3.75. The van der Waals surface area contributed by atoms with Crippen molar-refractivity contribution in [2.24, 2.45) is 11.8 Å². The molecule has 1 aliphatic rings. The van der Waals surface area contributed by atoms with Crippen molar-refractivity contribution >= 4 is 30.7 Å². The second-order valence-corrected chi connectivity index (χ2v) is 6.12. The van der Waals surface area contributed by atoms with Gasteiger partial charge in [-0.2, -0.15) is 0 Å². The van der Waals surface area contributed by atoms with Crippen LogP contribution in [0.15, 0.2) is 0 Å². The molecule has 4 nitrogen and oxygen atoms in total. The van der Waals surface area contributed by atoms with Crippen molar-refractivity contribution in [3.63, 3.8) is 0 Å². The third kappa shape index (κ3) is 11.2. The molecule has 1 rings (SSSR count). The monoisotopic (exact) mass is 341 g/mol. The number of hydrogen-bond donors (Lipinski definition) is 2. The Balaban J connectivity index is 0. The van der Waals surface area contributed by atoms with E-state index in [2.05, 4.69) is 29.4 Å². The van der Waals surface area contributed by atoms with Gasteiger partial charge >= 0.3 is 0 Å². The van der Waals surface area contributed by atoms with Gasteiger partial charge in [-0.25, -0.2) is 0 Å². The fourth-order valence-electron chi connectivity index (χ4n) is 3.02. The van der Waals surface area contributed by atoms with E-state index in [1.807, 2.05) is 7.05 Å². The van der Waals surface area contributed by atoms with Crippen LogP contribution < -0.4 is 10.6 Å². The maximum absolute atomic E-state index is 11.5. The molecular weight excluding hydrogens is 309 g/mol. The number of nitrogens with zero attached hydrogens (tertiary/aromatic N) is 1. The lowest BCUT2D eigenvalue weighted by molar-refractivity contribution is -0.121. The summed E-state index contributed by atoms with van der Waals surface area (Å²) in [7, 11) is 1.92. The Hall–Kier alpha value is -0.0300. The highest BCUT2D eigenvalue weighted by atomic mass is 35.5. The van der Waals surface area contributed by atoms with Crippen LogP contribution in [-0.4, -0.2) is 50.6 Å². The van der Waals surface area contributed by atoms with Gasteiger partial charge in [0.05, 0.1) is 0 Å². The van der Waals surface area contributed by atoms with E-state index in [1.165, 1.54) is 19.5 Å². The van der Waals surface area contributed by atoms with E-state index in [1.54, 1.807) is 0 Å². The molecular formula is C15H33Cl2N3O. The highest BCUT2D eigenvalue weighted by Crippen LogP contribution is 2.20. The molecule has 0 aliphatic carbocycles. The summed E-state index contributed by atoms with van der Waals surface area (Å²) in [5.74, 6) is 1.83. The highest BCUT2D eigenvalue weighted by molar-refractivity contribution is 5.85. The number of piperidine rings is 1. The van der Waals surface area contributed by atoms with Crippen molar-refractivity contribution in [3.8, 4) is 0 Å². The van der Waals surface area contributed by atoms with Crippen LogP contribution in [0.4, 0.5) is 0 Å². The second kappa shape index (κ2) is 13.6. The van der Waals surface area contributed by atoms with Crippen molar-refractivity contribution < 1.29 is 4.79 Å². The minimum atomic E-state index is 0. The van der Waals surface area contributed by atoms with Crippen LogP contribution in [0, 0.1) is 11.8 Å². The van der Waals surface area contributed by atoms with Gasteiger partial charge in [0.25, 0.3) is 0 Å². The van der Waals surface area contributed by atoms with Crippen LogP contribution in [0.5, 0.6) is 0 Å². The first kappa shape index (κ1) is 23.2. The predicted octanol–water partition coefficient (Wildman–Crippen LogP) is 2.31. The zero-order valence-electron chi connectivity index (χ0n) is 13.7. The number of carbonyl (C=O) groups excluding carboxylic acids is 1. The van der Waals surface area contributed by atoms with Crippen molar-refractivity contribution in [2.75, 3.05) is 39.8 Å². The molecule has 0 aromatic rings. The van der Waals surface area contributed by atoms with Crippen molar-refractivity contribution in [1.82, 2.24) is 15.5 Å². The summed E-state index contributed by atoms with van der Waals surface area (Å²) in [6, 6.07) is 0. The number of carbonyl (C=O) groups is 1. The van der Waals surface area contributed by atoms with E-state index in [0.29, 0.717) is 6.42 Å². The lowest BCUT2D eigenvalue weighted by atomic mass is 9.92. The lowest BCUT2D eigenvalue weighted by Crippen LogP contribution is -2.40. The normalized spacial score (nSPS) is 22.0. The maximum atomic E-state index is 11.5. The largest absolute Gasteiger partial charge is 0.356 e. The van der Waals surface area contributed by atoms with E-state index in [9.17, 15) is 4.79 Å². The maximum Gasteiger partial charge on any atom is 0.220 e. The average molecular weight is 342 g/mol. The number of likely N-dealkylation sites (tertiary alicyclic amines) is 1. The van der Waals surface area contributed by atoms with Gasteiger partial charge in [-0.05, 0) is 51.2 Å². The Morgan fingerprint density at radius 1 is 1.10 bits per heavy atom. The number of nitrogens with one attached hydrogen (secondary N) is 2. The zero-order valence-corrected chi connectivity index (χ0v) is 15.3. The highest BCUT2D eigenvalue weighted by Gasteiger charge is 2.20. The summed E-state index contributed by atoms with van der Waals surface area (Å²) in [6.07, 6.45) is 3.98. The first-order valence-corrected chi connectivity index (χ1v) is 7.75. The van der Waals surface area contributed by atoms with Crippen LogP contribution in [0.25, 0.3) is 0 Å². The van der Waals surface area contributed by atoms with Gasteiger partial charge in [-0.1, -0.05) is 13.8 Å². The minimum absolute atomic E-state index is 0. The molecule has 1 heterocycles. The molecule has 2 atom stereocenters. The van der Waals surface area contributed by atoms with E-state index in [0.717, 1.165) is 44.3 Å². The lowest BCUT2D eigenvalue weighted by Gasteiger charge is -2.34. The van der Waals surface area contributed by atoms with Gasteiger partial charge in [0.1, 0.15) is 0 Å². The number of rotatable bonds is 8. The van der Waals surface area contributed by atoms with E-state index < -0.39 is 0 Å². The molecule has 128 valence electrons. The van der Waals surface area contributed by atoms with Crippen LogP contribution >= 0.6 is 24.8 Å². The first-order valence-electron chi connectivity index (χ1n) is 7.75. The molecule has 1 fully saturated rings. The van der Waals surface area contributed by atoms with Crippen molar-refractivity contribution in [3.05, 3.63) is 0 Å². The molecule has 2 N–H and O–H groups in total. The number of halogens is 2. The van der Waals surface area contributed by atoms with E-state index in [-0.39, 0.29) is 30.7 Å². The summed E-state index contributed by atoms with van der Waals surface area (Å²) in [4.78, 5) is 14.1. The second-order valence-electron chi connectivity index (χ2n) is 6.12. The Morgan fingerprint density at radius 3 is 2.29 bits per heavy atom. The Kier molecular flexibility index (Phi) is 15.1. The molecule has 0 bridgehead atoms. The first-order chi connectivity index (χ1) is 9.11. The predicted molar refractivity (Wildman–Crippen MR) is 94.7 cm³/mol. The Labute approximate surface area is 142 Å². The fraction of sp³-hybridized carbons (Fsp3) is 0.933. The molecule has 1 amide bonds. The van der Waals surface area contributed by atoms with Crippen LogP contribution in [0.3, 0.4) is 0 Å². The van der Waals surface area contributed by atoms with E-state index in [4.69, 9.17) is 0 Å². The van der Waals surface area contributed by atoms with E-state index >= 15 is 0 Å². The zero-order chi connectivity index (χ0) is 14.1. The summed E-state index contributed by atoms with van der Waals surface area (Å²) in [5, 5.41) is 6.07. The van der Waals surface area contributed by atoms with Gasteiger partial charge < -0.3 is 15.5 Å². The molecule has 0 radical (unpaired) electrons. The van der Waals surface area contributed by atoms with Crippen molar-refractivity contribution in [1.29, 1.82) is 0 Å². The molecule has 6 heteroatoms. The van der Waals surface area contributed by atoms with Crippen LogP contribution in [0.1, 0.15) is 39.5 Å². The average Bonchev–Trinajstić information content (AvgIpc) is 2.34. The fourth-order valence-corrected chi connectivity index (χ4v) is 3.02. The van der Waals surface area contributed by atoms with Gasteiger partial charge in [0.15, 0.2) is 0 Å². The molecule has 0 aromatic carbocycles. The molecule has 0 saturated carbocycles. The van der Waals surface area contributed by atoms with Gasteiger partial charge in [0.2, 0.25) is 5.91 Å². The quantitative estimate of drug-likeness (QED) is 0.666. The summed E-state index contributed by atoms with van der Waals surface area (Å²) < 4.78 is 0. The summed E-state index contributed by atoms with van der Waals surface area (Å²) >= 11 is 0. The van der Waals surface area contributed by atoms with Crippen molar-refractivity contribution in [2.45, 2.75) is 39.5 Å². The standard InChI is InChI=1S/C15H31N3O.2ClH/c1-13-10-14(2)12-18(11-13)9-5-8-17-15(19)6-4-7-16-3;;/h13-14,16H,4-12H2,1-3H3,(H,17,19);2*1H. The smallest absolute Gasteiger partial charge is 0.220 e. The molecule has 0 aromatic heterocycles. The van der Waals surface area contributed by atoms with Crippen LogP contribution in [-0.2, 0) is 4.79 Å². The molecule has 1 aliphatic heterocycles. The summed E-state index contributed by atoms with van der Waals surface area (Å²) in [5.41, 5.74) is 0. The summed E-state index contributed by atoms with van der Waals surface area (Å²) in [6.45, 7) is 9.97. The minimum Gasteiger partial charge on any atom is -0.356 e. The molecule has 21 heavy (non-hydrogen) atoms. The topological polar surface area (TPSA) is 44.4 Å². The molecule has 0 spiro atoms. The van der Waals surface area contributed by atoms with Crippen LogP contribution in [0.2, 0.25) is 0 Å². The Bertz CT molecular complexity index is 257. The van der Waals surface area contributed by atoms with Gasteiger partial charge in [0, 0.05) is 26.1 Å². The molecule has 1 saturated heterocycles. The number of hydrogen-bond acceptors (Lipinski definition) is 3.